The van der Waals surface area contributed by atoms with Crippen LogP contribution in [0.25, 0.3) is 0 Å². The third-order valence-electron chi connectivity index (χ3n) is 5.14. The summed E-state index contributed by atoms with van der Waals surface area (Å²) in [6.45, 7) is 8.92. The van der Waals surface area contributed by atoms with E-state index in [9.17, 15) is 4.39 Å². The first-order valence-electron chi connectivity index (χ1n) is 11.0. The van der Waals surface area contributed by atoms with Gasteiger partial charge in [-0.2, -0.15) is 0 Å². The number of para-hydroxylation sites is 1. The molecule has 0 saturated carbocycles. The molecule has 1 heterocycles. The van der Waals surface area contributed by atoms with Gasteiger partial charge < -0.3 is 20.1 Å². The predicted octanol–water partition coefficient (Wildman–Crippen LogP) is 2.83. The fourth-order valence-corrected chi connectivity index (χ4v) is 3.41. The molecular formula is C24H33FN4O2. The molecule has 1 fully saturated rings. The average Bonchev–Trinajstić information content (AvgIpc) is 2.80. The van der Waals surface area contributed by atoms with E-state index in [4.69, 9.17) is 9.47 Å². The van der Waals surface area contributed by atoms with E-state index >= 15 is 0 Å². The van der Waals surface area contributed by atoms with Crippen LogP contribution in [0.1, 0.15) is 18.1 Å². The predicted molar refractivity (Wildman–Crippen MR) is 122 cm³/mol. The van der Waals surface area contributed by atoms with Crippen molar-refractivity contribution in [2.75, 3.05) is 52.5 Å². The Bertz CT molecular complexity index is 825. The molecule has 1 aliphatic heterocycles. The summed E-state index contributed by atoms with van der Waals surface area (Å²) in [6, 6.07) is 14.9. The van der Waals surface area contributed by atoms with Gasteiger partial charge in [0.2, 0.25) is 0 Å². The number of hydrogen-bond acceptors (Lipinski definition) is 4. The van der Waals surface area contributed by atoms with Gasteiger partial charge in [0.25, 0.3) is 0 Å². The number of ether oxygens (including phenoxy) is 2. The first kappa shape index (κ1) is 23.0. The van der Waals surface area contributed by atoms with Gasteiger partial charge in [-0.1, -0.05) is 36.4 Å². The first-order chi connectivity index (χ1) is 15.3. The highest BCUT2D eigenvalue weighted by Gasteiger charge is 2.10. The van der Waals surface area contributed by atoms with Crippen LogP contribution in [0, 0.1) is 5.82 Å². The second kappa shape index (κ2) is 12.9. The third-order valence-corrected chi connectivity index (χ3v) is 5.14. The summed E-state index contributed by atoms with van der Waals surface area (Å²) in [5, 5.41) is 6.53. The van der Waals surface area contributed by atoms with Crippen molar-refractivity contribution >= 4 is 5.96 Å². The van der Waals surface area contributed by atoms with Crippen LogP contribution >= 0.6 is 0 Å². The van der Waals surface area contributed by atoms with Gasteiger partial charge in [0.15, 0.2) is 5.96 Å². The van der Waals surface area contributed by atoms with Crippen LogP contribution in [0.5, 0.6) is 5.75 Å². The number of nitrogens with one attached hydrogen (secondary N) is 2. The SMILES string of the molecule is CCNC(=NCc1ccccc1OCCN1CCOCC1)NCCc1ccccc1F. The van der Waals surface area contributed by atoms with E-state index in [0.29, 0.717) is 37.6 Å². The van der Waals surface area contributed by atoms with E-state index < -0.39 is 0 Å². The van der Waals surface area contributed by atoms with Gasteiger partial charge in [0.05, 0.1) is 19.8 Å². The quantitative estimate of drug-likeness (QED) is 0.450. The number of aliphatic imine (C=N–C) groups is 1. The molecule has 2 aromatic carbocycles. The number of morpholine rings is 1. The monoisotopic (exact) mass is 428 g/mol. The van der Waals surface area contributed by atoms with E-state index in [1.807, 2.05) is 43.3 Å². The lowest BCUT2D eigenvalue weighted by molar-refractivity contribution is 0.0322. The van der Waals surface area contributed by atoms with Crippen LogP contribution in [-0.4, -0.2) is 63.4 Å². The van der Waals surface area contributed by atoms with Crippen LogP contribution in [0.15, 0.2) is 53.5 Å². The van der Waals surface area contributed by atoms with E-state index in [2.05, 4.69) is 20.5 Å². The van der Waals surface area contributed by atoms with Crippen molar-refractivity contribution < 1.29 is 13.9 Å². The van der Waals surface area contributed by atoms with E-state index in [1.165, 1.54) is 6.07 Å². The summed E-state index contributed by atoms with van der Waals surface area (Å²) in [4.78, 5) is 7.04. The maximum atomic E-state index is 13.8. The molecule has 31 heavy (non-hydrogen) atoms. The van der Waals surface area contributed by atoms with Crippen LogP contribution in [0.4, 0.5) is 4.39 Å². The molecule has 2 aromatic rings. The van der Waals surface area contributed by atoms with Crippen molar-refractivity contribution in [2.24, 2.45) is 4.99 Å². The zero-order valence-electron chi connectivity index (χ0n) is 18.3. The molecule has 2 N–H and O–H groups in total. The first-order valence-corrected chi connectivity index (χ1v) is 11.0. The van der Waals surface area contributed by atoms with Crippen molar-refractivity contribution in [1.82, 2.24) is 15.5 Å². The van der Waals surface area contributed by atoms with E-state index in [0.717, 1.165) is 50.7 Å². The molecule has 7 heteroatoms. The lowest BCUT2D eigenvalue weighted by Gasteiger charge is -2.26. The molecule has 0 bridgehead atoms. The van der Waals surface area contributed by atoms with Gasteiger partial charge in [0.1, 0.15) is 18.2 Å². The highest BCUT2D eigenvalue weighted by Crippen LogP contribution is 2.19. The molecule has 0 amide bonds. The minimum Gasteiger partial charge on any atom is -0.492 e. The zero-order valence-corrected chi connectivity index (χ0v) is 18.3. The summed E-state index contributed by atoms with van der Waals surface area (Å²) in [7, 11) is 0. The van der Waals surface area contributed by atoms with Crippen molar-refractivity contribution in [3.05, 3.63) is 65.5 Å². The molecule has 0 spiro atoms. The lowest BCUT2D eigenvalue weighted by Crippen LogP contribution is -2.38. The standard InChI is InChI=1S/C24H33FN4O2/c1-2-26-24(27-12-11-20-7-3-5-9-22(20)25)28-19-21-8-4-6-10-23(21)31-18-15-29-13-16-30-17-14-29/h3-10H,2,11-19H2,1H3,(H2,26,27,28). The highest BCUT2D eigenvalue weighted by molar-refractivity contribution is 5.79. The fraction of sp³-hybridized carbons (Fsp3) is 0.458. The third kappa shape index (κ3) is 7.84. The average molecular weight is 429 g/mol. The Morgan fingerprint density at radius 2 is 1.81 bits per heavy atom. The summed E-state index contributed by atoms with van der Waals surface area (Å²) in [6.07, 6.45) is 0.596. The topological polar surface area (TPSA) is 58.1 Å². The number of benzene rings is 2. The summed E-state index contributed by atoms with van der Waals surface area (Å²) < 4.78 is 25.2. The number of hydrogen-bond donors (Lipinski definition) is 2. The minimum atomic E-state index is -0.172. The second-order valence-corrected chi connectivity index (χ2v) is 7.37. The Morgan fingerprint density at radius 1 is 1.06 bits per heavy atom. The van der Waals surface area contributed by atoms with Gasteiger partial charge in [-0.05, 0) is 31.0 Å². The molecule has 0 atom stereocenters. The number of guanidine groups is 1. The van der Waals surface area contributed by atoms with Crippen molar-refractivity contribution in [2.45, 2.75) is 19.9 Å². The Morgan fingerprint density at radius 3 is 2.58 bits per heavy atom. The van der Waals surface area contributed by atoms with Gasteiger partial charge in [0, 0.05) is 38.3 Å². The maximum Gasteiger partial charge on any atom is 0.191 e. The number of nitrogens with zero attached hydrogens (tertiary/aromatic N) is 2. The Kier molecular flexibility index (Phi) is 9.60. The summed E-state index contributed by atoms with van der Waals surface area (Å²) >= 11 is 0. The Labute approximate surface area is 184 Å². The minimum absolute atomic E-state index is 0.172. The molecule has 168 valence electrons. The summed E-state index contributed by atoms with van der Waals surface area (Å²) in [5.74, 6) is 1.40. The van der Waals surface area contributed by atoms with Gasteiger partial charge >= 0.3 is 0 Å². The summed E-state index contributed by atoms with van der Waals surface area (Å²) in [5.41, 5.74) is 1.74. The van der Waals surface area contributed by atoms with Gasteiger partial charge in [-0.15, -0.1) is 0 Å². The zero-order chi connectivity index (χ0) is 21.7. The molecule has 0 unspecified atom stereocenters. The van der Waals surface area contributed by atoms with Crippen molar-refractivity contribution in [3.8, 4) is 5.75 Å². The van der Waals surface area contributed by atoms with Crippen molar-refractivity contribution in [3.63, 3.8) is 0 Å². The van der Waals surface area contributed by atoms with Gasteiger partial charge in [-0.3, -0.25) is 4.90 Å². The molecular weight excluding hydrogens is 395 g/mol. The second-order valence-electron chi connectivity index (χ2n) is 7.37. The molecule has 3 rings (SSSR count). The van der Waals surface area contributed by atoms with Crippen LogP contribution in [0.3, 0.4) is 0 Å². The van der Waals surface area contributed by atoms with Crippen LogP contribution < -0.4 is 15.4 Å². The fourth-order valence-electron chi connectivity index (χ4n) is 3.41. The Hall–Kier alpha value is -2.64. The maximum absolute atomic E-state index is 13.8. The molecule has 6 nitrogen and oxygen atoms in total. The van der Waals surface area contributed by atoms with E-state index in [1.54, 1.807) is 6.07 Å². The van der Waals surface area contributed by atoms with Gasteiger partial charge in [-0.25, -0.2) is 9.38 Å². The lowest BCUT2D eigenvalue weighted by atomic mass is 10.1. The molecule has 0 aromatic heterocycles. The normalized spacial score (nSPS) is 15.0. The Balaban J connectivity index is 1.51. The number of rotatable bonds is 10. The number of halogens is 1. The smallest absolute Gasteiger partial charge is 0.191 e. The largest absolute Gasteiger partial charge is 0.492 e. The van der Waals surface area contributed by atoms with Crippen LogP contribution in [-0.2, 0) is 17.7 Å². The molecule has 0 radical (unpaired) electrons. The molecule has 1 aliphatic rings. The molecule has 0 aliphatic carbocycles. The highest BCUT2D eigenvalue weighted by atomic mass is 19.1. The van der Waals surface area contributed by atoms with Crippen molar-refractivity contribution in [1.29, 1.82) is 0 Å². The van der Waals surface area contributed by atoms with Crippen LogP contribution in [0.2, 0.25) is 0 Å². The molecule has 1 saturated heterocycles. The van der Waals surface area contributed by atoms with E-state index in [-0.39, 0.29) is 5.82 Å².